The molecule has 1 aromatic heterocycles. The Morgan fingerprint density at radius 3 is 2.74 bits per heavy atom. The van der Waals surface area contributed by atoms with Crippen molar-refractivity contribution >= 4 is 17.3 Å². The number of aliphatic imine (C=N–C) groups is 1. The van der Waals surface area contributed by atoms with Crippen LogP contribution in [0.3, 0.4) is 0 Å². The molecule has 0 aliphatic carbocycles. The average Bonchev–Trinajstić information content (AvgIpc) is 3.15. The van der Waals surface area contributed by atoms with Crippen molar-refractivity contribution in [2.45, 2.75) is 25.7 Å². The molecule has 0 spiro atoms. The van der Waals surface area contributed by atoms with E-state index in [2.05, 4.69) is 15.6 Å². The third kappa shape index (κ3) is 7.48. The molecule has 1 aromatic carbocycles. The lowest BCUT2D eigenvalue weighted by atomic mass is 10.2. The van der Waals surface area contributed by atoms with Gasteiger partial charge >= 0.3 is 6.18 Å². The molecule has 0 saturated heterocycles. The number of aliphatic hydroxyl groups excluding tert-OH is 1. The molecule has 27 heavy (non-hydrogen) atoms. The van der Waals surface area contributed by atoms with Gasteiger partial charge in [0, 0.05) is 18.0 Å². The van der Waals surface area contributed by atoms with Crippen LogP contribution in [0.4, 0.5) is 13.2 Å². The molecule has 1 atom stereocenters. The Morgan fingerprint density at radius 1 is 1.26 bits per heavy atom. The molecule has 9 heteroatoms. The van der Waals surface area contributed by atoms with E-state index in [1.165, 1.54) is 12.1 Å². The lowest BCUT2D eigenvalue weighted by molar-refractivity contribution is -0.137. The van der Waals surface area contributed by atoms with Gasteiger partial charge in [-0.3, -0.25) is 0 Å². The van der Waals surface area contributed by atoms with Gasteiger partial charge < -0.3 is 20.5 Å². The molecule has 2 rings (SSSR count). The SMILES string of the molecule is CCNC(=NCc1cccs1)NCC(O)COc1cccc(C(F)(F)F)c1. The molecule has 0 bridgehead atoms. The van der Waals surface area contributed by atoms with E-state index in [0.29, 0.717) is 19.0 Å². The van der Waals surface area contributed by atoms with Crippen LogP contribution in [0.25, 0.3) is 0 Å². The number of guanidine groups is 1. The van der Waals surface area contributed by atoms with E-state index in [0.717, 1.165) is 17.0 Å². The topological polar surface area (TPSA) is 65.9 Å². The fourth-order valence-corrected chi connectivity index (χ4v) is 2.76. The molecule has 1 unspecified atom stereocenters. The number of hydrogen-bond donors (Lipinski definition) is 3. The largest absolute Gasteiger partial charge is 0.491 e. The lowest BCUT2D eigenvalue weighted by Crippen LogP contribution is -2.42. The number of rotatable bonds is 8. The van der Waals surface area contributed by atoms with Crippen LogP contribution in [0.5, 0.6) is 5.75 Å². The van der Waals surface area contributed by atoms with Crippen molar-refractivity contribution in [3.8, 4) is 5.75 Å². The molecule has 0 amide bonds. The molecular formula is C18H22F3N3O2S. The monoisotopic (exact) mass is 401 g/mol. The van der Waals surface area contributed by atoms with Crippen molar-refractivity contribution in [2.24, 2.45) is 4.99 Å². The summed E-state index contributed by atoms with van der Waals surface area (Å²) in [6, 6.07) is 8.50. The maximum Gasteiger partial charge on any atom is 0.416 e. The van der Waals surface area contributed by atoms with Gasteiger partial charge in [-0.25, -0.2) is 4.99 Å². The fraction of sp³-hybridized carbons (Fsp3) is 0.389. The van der Waals surface area contributed by atoms with E-state index in [-0.39, 0.29) is 18.9 Å². The van der Waals surface area contributed by atoms with Crippen molar-refractivity contribution in [2.75, 3.05) is 19.7 Å². The summed E-state index contributed by atoms with van der Waals surface area (Å²) in [6.45, 7) is 3.11. The first-order chi connectivity index (χ1) is 12.9. The fourth-order valence-electron chi connectivity index (χ4n) is 2.13. The van der Waals surface area contributed by atoms with Crippen molar-refractivity contribution in [1.82, 2.24) is 10.6 Å². The zero-order valence-electron chi connectivity index (χ0n) is 14.8. The number of nitrogens with zero attached hydrogens (tertiary/aromatic N) is 1. The van der Waals surface area contributed by atoms with Gasteiger partial charge in [-0.2, -0.15) is 13.2 Å². The highest BCUT2D eigenvalue weighted by Crippen LogP contribution is 2.31. The second-order valence-electron chi connectivity index (χ2n) is 5.65. The summed E-state index contributed by atoms with van der Waals surface area (Å²) in [7, 11) is 0. The predicted octanol–water partition coefficient (Wildman–Crippen LogP) is 3.26. The molecule has 148 valence electrons. The second kappa shape index (κ2) is 10.2. The summed E-state index contributed by atoms with van der Waals surface area (Å²) in [4.78, 5) is 5.52. The molecule has 3 N–H and O–H groups in total. The Kier molecular flexibility index (Phi) is 7.93. The molecule has 0 saturated carbocycles. The smallest absolute Gasteiger partial charge is 0.416 e. The number of thiophene rings is 1. The van der Waals surface area contributed by atoms with E-state index in [9.17, 15) is 18.3 Å². The van der Waals surface area contributed by atoms with Gasteiger partial charge in [0.1, 0.15) is 18.5 Å². The third-order valence-electron chi connectivity index (χ3n) is 3.43. The van der Waals surface area contributed by atoms with E-state index in [4.69, 9.17) is 4.74 Å². The molecule has 0 aliphatic heterocycles. The number of hydrogen-bond acceptors (Lipinski definition) is 4. The third-order valence-corrected chi connectivity index (χ3v) is 4.29. The van der Waals surface area contributed by atoms with Crippen LogP contribution in [0.2, 0.25) is 0 Å². The molecule has 1 heterocycles. The molecule has 2 aromatic rings. The van der Waals surface area contributed by atoms with Gasteiger partial charge in [-0.1, -0.05) is 12.1 Å². The molecule has 5 nitrogen and oxygen atoms in total. The number of benzene rings is 1. The Morgan fingerprint density at radius 2 is 2.07 bits per heavy atom. The van der Waals surface area contributed by atoms with E-state index in [1.807, 2.05) is 24.4 Å². The first-order valence-electron chi connectivity index (χ1n) is 8.41. The normalized spacial score (nSPS) is 13.3. The van der Waals surface area contributed by atoms with Gasteiger partial charge in [0.15, 0.2) is 5.96 Å². The van der Waals surface area contributed by atoms with Crippen LogP contribution >= 0.6 is 11.3 Å². The Balaban J connectivity index is 1.82. The van der Waals surface area contributed by atoms with Crippen molar-refractivity contribution < 1.29 is 23.0 Å². The van der Waals surface area contributed by atoms with Crippen LogP contribution in [-0.4, -0.2) is 36.9 Å². The highest BCUT2D eigenvalue weighted by Gasteiger charge is 2.30. The predicted molar refractivity (Wildman–Crippen MR) is 100 cm³/mol. The minimum absolute atomic E-state index is 0.0575. The number of halogens is 3. The molecule has 0 aliphatic rings. The van der Waals surface area contributed by atoms with Crippen LogP contribution in [-0.2, 0) is 12.7 Å². The summed E-state index contributed by atoms with van der Waals surface area (Å²) in [6.07, 6.45) is -5.34. The zero-order valence-corrected chi connectivity index (χ0v) is 15.6. The maximum atomic E-state index is 12.7. The lowest BCUT2D eigenvalue weighted by Gasteiger charge is -2.16. The van der Waals surface area contributed by atoms with Crippen molar-refractivity contribution in [3.05, 3.63) is 52.2 Å². The van der Waals surface area contributed by atoms with E-state index >= 15 is 0 Å². The summed E-state index contributed by atoms with van der Waals surface area (Å²) in [5.41, 5.74) is -0.789. The average molecular weight is 401 g/mol. The summed E-state index contributed by atoms with van der Waals surface area (Å²) < 4.78 is 43.3. The van der Waals surface area contributed by atoms with Gasteiger partial charge in [0.05, 0.1) is 12.1 Å². The molecular weight excluding hydrogens is 379 g/mol. The summed E-state index contributed by atoms with van der Waals surface area (Å²) in [5.74, 6) is 0.603. The van der Waals surface area contributed by atoms with Gasteiger partial charge in [0.2, 0.25) is 0 Å². The van der Waals surface area contributed by atoms with E-state index in [1.54, 1.807) is 11.3 Å². The quantitative estimate of drug-likeness (QED) is 0.469. The summed E-state index contributed by atoms with van der Waals surface area (Å²) in [5, 5.41) is 18.0. The van der Waals surface area contributed by atoms with Crippen LogP contribution in [0.1, 0.15) is 17.4 Å². The maximum absolute atomic E-state index is 12.7. The van der Waals surface area contributed by atoms with Gasteiger partial charge in [-0.05, 0) is 36.6 Å². The second-order valence-corrected chi connectivity index (χ2v) is 6.68. The number of aliphatic hydroxyl groups is 1. The zero-order chi connectivity index (χ0) is 19.7. The van der Waals surface area contributed by atoms with Crippen LogP contribution < -0.4 is 15.4 Å². The minimum Gasteiger partial charge on any atom is -0.491 e. The van der Waals surface area contributed by atoms with Gasteiger partial charge in [-0.15, -0.1) is 11.3 Å². The van der Waals surface area contributed by atoms with Crippen LogP contribution in [0, 0.1) is 0 Å². The highest BCUT2D eigenvalue weighted by atomic mass is 32.1. The number of nitrogens with one attached hydrogen (secondary N) is 2. The Hall–Kier alpha value is -2.26. The number of alkyl halides is 3. The summed E-state index contributed by atoms with van der Waals surface area (Å²) >= 11 is 1.60. The minimum atomic E-state index is -4.43. The van der Waals surface area contributed by atoms with Crippen molar-refractivity contribution in [1.29, 1.82) is 0 Å². The van der Waals surface area contributed by atoms with Crippen molar-refractivity contribution in [3.63, 3.8) is 0 Å². The van der Waals surface area contributed by atoms with Crippen LogP contribution in [0.15, 0.2) is 46.8 Å². The first-order valence-corrected chi connectivity index (χ1v) is 9.29. The number of ether oxygens (including phenoxy) is 1. The Labute approximate surface area is 159 Å². The van der Waals surface area contributed by atoms with E-state index < -0.39 is 17.8 Å². The standard InChI is InChI=1S/C18H22F3N3O2S/c1-2-22-17(24-11-16-7-4-8-27-16)23-10-14(25)12-26-15-6-3-5-13(9-15)18(19,20)21/h3-9,14,25H,2,10-12H2,1H3,(H2,22,23,24). The highest BCUT2D eigenvalue weighted by molar-refractivity contribution is 7.09. The molecule has 0 radical (unpaired) electrons. The first kappa shape index (κ1) is 21.0. The molecule has 0 fully saturated rings. The van der Waals surface area contributed by atoms with Gasteiger partial charge in [0.25, 0.3) is 0 Å². The Bertz CT molecular complexity index is 721.